The van der Waals surface area contributed by atoms with Crippen molar-refractivity contribution in [1.29, 1.82) is 0 Å². The smallest absolute Gasteiger partial charge is 0.230 e. The molecule has 4 heterocycles. The quantitative estimate of drug-likeness (QED) is 0.906. The topological polar surface area (TPSA) is 80.5 Å². The van der Waals surface area contributed by atoms with Crippen molar-refractivity contribution in [1.82, 2.24) is 15.5 Å². The molecule has 1 aromatic heterocycles. The van der Waals surface area contributed by atoms with Gasteiger partial charge in [0.15, 0.2) is 0 Å². The minimum atomic E-state index is 0.146. The van der Waals surface area contributed by atoms with Gasteiger partial charge in [-0.3, -0.25) is 4.79 Å². The van der Waals surface area contributed by atoms with Gasteiger partial charge in [0.1, 0.15) is 0 Å². The van der Waals surface area contributed by atoms with Gasteiger partial charge in [-0.05, 0) is 44.0 Å². The summed E-state index contributed by atoms with van der Waals surface area (Å²) in [7, 11) is 0. The number of nitrogens with one attached hydrogen (secondary N) is 1. The van der Waals surface area contributed by atoms with E-state index in [9.17, 15) is 4.79 Å². The van der Waals surface area contributed by atoms with E-state index in [1.54, 1.807) is 0 Å². The van der Waals surface area contributed by atoms with Crippen LogP contribution in [0.5, 0.6) is 0 Å². The van der Waals surface area contributed by atoms with Crippen LogP contribution < -0.4 is 10.2 Å². The summed E-state index contributed by atoms with van der Waals surface area (Å²) in [6.45, 7) is 3.19. The van der Waals surface area contributed by atoms with E-state index in [1.165, 1.54) is 5.56 Å². The summed E-state index contributed by atoms with van der Waals surface area (Å²) in [6, 6.07) is 6.29. The third-order valence-corrected chi connectivity index (χ3v) is 5.60. The molecule has 0 unspecified atom stereocenters. The number of aryl methyl sites for hydroxylation is 1. The van der Waals surface area contributed by atoms with Gasteiger partial charge >= 0.3 is 0 Å². The Balaban J connectivity index is 1.46. The van der Waals surface area contributed by atoms with Crippen LogP contribution in [0.2, 0.25) is 0 Å². The standard InChI is InChI=1S/C19H22N4O3/c24-17-4-3-12-1-2-14(9-16(12)23(17)15-10-25-11-15)18-21-19(26-22-18)13-5-7-20-8-6-13/h1-2,9,13,15,20H,3-8,10-11H2. The third kappa shape index (κ3) is 2.71. The highest BCUT2D eigenvalue weighted by atomic mass is 16.5. The minimum Gasteiger partial charge on any atom is -0.377 e. The molecule has 7 nitrogen and oxygen atoms in total. The summed E-state index contributed by atoms with van der Waals surface area (Å²) in [5.74, 6) is 1.83. The van der Waals surface area contributed by atoms with Crippen molar-refractivity contribution >= 4 is 11.6 Å². The van der Waals surface area contributed by atoms with Gasteiger partial charge < -0.3 is 19.5 Å². The monoisotopic (exact) mass is 354 g/mol. The number of carbonyl (C=O) groups excluding carboxylic acids is 1. The summed E-state index contributed by atoms with van der Waals surface area (Å²) in [6.07, 6.45) is 3.39. The Labute approximate surface area is 151 Å². The van der Waals surface area contributed by atoms with Crippen LogP contribution in [-0.2, 0) is 16.0 Å². The average Bonchev–Trinajstić information content (AvgIpc) is 3.13. The second kappa shape index (κ2) is 6.48. The van der Waals surface area contributed by atoms with Gasteiger partial charge in [0.25, 0.3) is 0 Å². The number of nitrogens with zero attached hydrogens (tertiary/aromatic N) is 3. The number of fused-ring (bicyclic) bond motifs is 1. The molecule has 2 aromatic rings. The number of benzene rings is 1. The molecule has 3 aliphatic rings. The molecule has 7 heteroatoms. The Bertz CT molecular complexity index is 824. The van der Waals surface area contributed by atoms with Gasteiger partial charge in [0, 0.05) is 23.6 Å². The average molecular weight is 354 g/mol. The summed E-state index contributed by atoms with van der Waals surface area (Å²) in [5, 5.41) is 7.55. The first-order valence-electron chi connectivity index (χ1n) is 9.37. The fourth-order valence-corrected chi connectivity index (χ4v) is 3.99. The zero-order chi connectivity index (χ0) is 17.5. The molecular formula is C19H22N4O3. The predicted molar refractivity (Wildman–Crippen MR) is 95.0 cm³/mol. The number of aromatic nitrogens is 2. The number of anilines is 1. The van der Waals surface area contributed by atoms with Gasteiger partial charge in [-0.2, -0.15) is 4.98 Å². The molecule has 26 heavy (non-hydrogen) atoms. The molecule has 5 rings (SSSR count). The molecule has 1 amide bonds. The third-order valence-electron chi connectivity index (χ3n) is 5.60. The zero-order valence-corrected chi connectivity index (χ0v) is 14.6. The van der Waals surface area contributed by atoms with Crippen LogP contribution in [0.3, 0.4) is 0 Å². The Kier molecular flexibility index (Phi) is 3.98. The largest absolute Gasteiger partial charge is 0.377 e. The van der Waals surface area contributed by atoms with Crippen LogP contribution in [0.1, 0.15) is 36.6 Å². The van der Waals surface area contributed by atoms with Crippen LogP contribution >= 0.6 is 0 Å². The number of rotatable bonds is 3. The maximum atomic E-state index is 12.5. The van der Waals surface area contributed by atoms with Crippen molar-refractivity contribution in [2.45, 2.75) is 37.6 Å². The van der Waals surface area contributed by atoms with Gasteiger partial charge in [-0.15, -0.1) is 0 Å². The summed E-state index contributed by atoms with van der Waals surface area (Å²) in [4.78, 5) is 19.0. The van der Waals surface area contributed by atoms with E-state index in [4.69, 9.17) is 9.26 Å². The van der Waals surface area contributed by atoms with Crippen molar-refractivity contribution in [2.24, 2.45) is 0 Å². The number of piperidine rings is 1. The van der Waals surface area contributed by atoms with E-state index >= 15 is 0 Å². The fourth-order valence-electron chi connectivity index (χ4n) is 3.99. The highest BCUT2D eigenvalue weighted by Crippen LogP contribution is 2.35. The van der Waals surface area contributed by atoms with E-state index in [0.717, 1.165) is 49.5 Å². The Morgan fingerprint density at radius 3 is 2.77 bits per heavy atom. The molecule has 0 saturated carbocycles. The van der Waals surface area contributed by atoms with Crippen molar-refractivity contribution in [3.05, 3.63) is 29.7 Å². The molecule has 2 fully saturated rings. The maximum absolute atomic E-state index is 12.5. The lowest BCUT2D eigenvalue weighted by molar-refractivity contribution is -0.121. The van der Waals surface area contributed by atoms with Crippen LogP contribution in [-0.4, -0.2) is 48.4 Å². The molecule has 0 radical (unpaired) electrons. The van der Waals surface area contributed by atoms with Gasteiger partial charge in [0.05, 0.1) is 19.3 Å². The molecule has 136 valence electrons. The normalized spacial score (nSPS) is 21.5. The molecular weight excluding hydrogens is 332 g/mol. The second-order valence-electron chi connectivity index (χ2n) is 7.28. The van der Waals surface area contributed by atoms with E-state index < -0.39 is 0 Å². The van der Waals surface area contributed by atoms with Gasteiger partial charge in [0.2, 0.25) is 17.6 Å². The van der Waals surface area contributed by atoms with Crippen LogP contribution in [0.25, 0.3) is 11.4 Å². The van der Waals surface area contributed by atoms with Crippen molar-refractivity contribution in [3.63, 3.8) is 0 Å². The molecule has 1 aromatic carbocycles. The van der Waals surface area contributed by atoms with Crippen LogP contribution in [0, 0.1) is 0 Å². The summed E-state index contributed by atoms with van der Waals surface area (Å²) < 4.78 is 10.8. The highest BCUT2D eigenvalue weighted by Gasteiger charge is 2.35. The number of carbonyl (C=O) groups is 1. The predicted octanol–water partition coefficient (Wildman–Crippen LogP) is 1.88. The van der Waals surface area contributed by atoms with E-state index in [2.05, 4.69) is 21.5 Å². The number of ether oxygens (including phenoxy) is 1. The first kappa shape index (κ1) is 16.0. The lowest BCUT2D eigenvalue weighted by Gasteiger charge is -2.40. The number of hydrogen-bond acceptors (Lipinski definition) is 6. The van der Waals surface area contributed by atoms with Crippen molar-refractivity contribution in [3.8, 4) is 11.4 Å². The second-order valence-corrected chi connectivity index (χ2v) is 7.28. The number of amides is 1. The number of hydrogen-bond donors (Lipinski definition) is 1. The first-order chi connectivity index (χ1) is 12.8. The lowest BCUT2D eigenvalue weighted by Crippen LogP contribution is -2.53. The Morgan fingerprint density at radius 2 is 2.00 bits per heavy atom. The van der Waals surface area contributed by atoms with E-state index in [-0.39, 0.29) is 11.9 Å². The Morgan fingerprint density at radius 1 is 1.15 bits per heavy atom. The highest BCUT2D eigenvalue weighted by molar-refractivity contribution is 5.97. The first-order valence-corrected chi connectivity index (χ1v) is 9.37. The molecule has 0 bridgehead atoms. The Hall–Kier alpha value is -2.25. The van der Waals surface area contributed by atoms with Crippen LogP contribution in [0.15, 0.2) is 22.7 Å². The van der Waals surface area contributed by atoms with Crippen molar-refractivity contribution in [2.75, 3.05) is 31.2 Å². The van der Waals surface area contributed by atoms with Crippen molar-refractivity contribution < 1.29 is 14.1 Å². The molecule has 3 aliphatic heterocycles. The van der Waals surface area contributed by atoms with Gasteiger partial charge in [-0.1, -0.05) is 17.3 Å². The molecule has 0 aliphatic carbocycles. The lowest BCUT2D eigenvalue weighted by atomic mass is 9.96. The van der Waals surface area contributed by atoms with E-state index in [1.807, 2.05) is 17.0 Å². The molecule has 0 atom stereocenters. The summed E-state index contributed by atoms with van der Waals surface area (Å²) >= 11 is 0. The molecule has 1 N–H and O–H groups in total. The van der Waals surface area contributed by atoms with E-state index in [0.29, 0.717) is 31.4 Å². The van der Waals surface area contributed by atoms with Crippen LogP contribution in [0.4, 0.5) is 5.69 Å². The zero-order valence-electron chi connectivity index (χ0n) is 14.6. The summed E-state index contributed by atoms with van der Waals surface area (Å²) in [5.41, 5.74) is 3.07. The SMILES string of the molecule is O=C1CCc2ccc(-c3noc(C4CCNCC4)n3)cc2N1C1COC1. The maximum Gasteiger partial charge on any atom is 0.230 e. The fraction of sp³-hybridized carbons (Fsp3) is 0.526. The van der Waals surface area contributed by atoms with Gasteiger partial charge in [-0.25, -0.2) is 0 Å². The molecule has 0 spiro atoms. The minimum absolute atomic E-state index is 0.146. The molecule has 2 saturated heterocycles.